The Morgan fingerprint density at radius 3 is 2.61 bits per heavy atom. The van der Waals surface area contributed by atoms with Crippen molar-refractivity contribution in [2.24, 2.45) is 0 Å². The van der Waals surface area contributed by atoms with E-state index in [1.54, 1.807) is 4.52 Å². The fourth-order valence-corrected chi connectivity index (χ4v) is 3.93. The molecular formula is C24H20ClKN8O2. The summed E-state index contributed by atoms with van der Waals surface area (Å²) in [6, 6.07) is 13.8. The zero-order chi connectivity index (χ0) is 24.5. The van der Waals surface area contributed by atoms with Crippen molar-refractivity contribution in [3.63, 3.8) is 0 Å². The maximum atomic E-state index is 8.89. The number of aromatic nitrogens is 7. The second-order valence-corrected chi connectivity index (χ2v) is 8.63. The second kappa shape index (κ2) is 11.2. The number of aliphatic carboxylic acids is 1. The Balaban J connectivity index is 0.000000569. The van der Waals surface area contributed by atoms with Gasteiger partial charge in [0.25, 0.3) is 5.78 Å². The van der Waals surface area contributed by atoms with Gasteiger partial charge in [-0.25, -0.2) is 0 Å². The molecule has 0 unspecified atom stereocenters. The minimum atomic E-state index is -1.08. The average Bonchev–Trinajstić information content (AvgIpc) is 3.60. The Morgan fingerprint density at radius 1 is 1.14 bits per heavy atom. The van der Waals surface area contributed by atoms with E-state index >= 15 is 0 Å². The predicted octanol–water partition coefficient (Wildman–Crippen LogP) is 0.188. The molecule has 3 heterocycles. The number of rotatable bonds is 4. The van der Waals surface area contributed by atoms with E-state index in [0.717, 1.165) is 46.3 Å². The molecule has 1 fully saturated rings. The summed E-state index contributed by atoms with van der Waals surface area (Å²) in [5, 5.41) is 22.2. The Hall–Kier alpha value is -2.54. The topological polar surface area (TPSA) is 125 Å². The standard InChI is InChI=1S/C22H17ClN8.C2H4O2.K/c1-30(21-17-8-7-15(23)10-20(17)31-22(26-21)27-28-29-31)16-4-2-3-14(9-16)19-12-24-18(11-25-19)13-5-6-13;1-2(3)4;/h2-4,7-13H,5-6H2,1H3;1H3,(H,3,4);/q;;+1/p-1. The number of carbonyl (C=O) groups excluding carboxylic acids is 1. The van der Waals surface area contributed by atoms with Crippen molar-refractivity contribution in [1.82, 2.24) is 35.0 Å². The number of fused-ring (bicyclic) bond motifs is 3. The number of nitrogens with zero attached hydrogens (tertiary/aromatic N) is 8. The molecule has 2 aromatic carbocycles. The Kier molecular flexibility index (Phi) is 8.28. The van der Waals surface area contributed by atoms with E-state index in [2.05, 4.69) is 31.6 Å². The second-order valence-electron chi connectivity index (χ2n) is 8.19. The van der Waals surface area contributed by atoms with Gasteiger partial charge in [-0.1, -0.05) is 28.8 Å². The van der Waals surface area contributed by atoms with Crippen LogP contribution in [0.5, 0.6) is 0 Å². The van der Waals surface area contributed by atoms with Crippen molar-refractivity contribution in [1.29, 1.82) is 0 Å². The minimum Gasteiger partial charge on any atom is -0.550 e. The van der Waals surface area contributed by atoms with Crippen molar-refractivity contribution in [2.45, 2.75) is 25.7 Å². The number of hydrogen-bond acceptors (Lipinski definition) is 9. The largest absolute Gasteiger partial charge is 1.00 e. The Bertz CT molecular complexity index is 1540. The zero-order valence-corrected chi connectivity index (χ0v) is 23.8. The molecule has 1 saturated carbocycles. The summed E-state index contributed by atoms with van der Waals surface area (Å²) in [5.74, 6) is 0.657. The van der Waals surface area contributed by atoms with Crippen LogP contribution in [-0.2, 0) is 4.79 Å². The van der Waals surface area contributed by atoms with Gasteiger partial charge < -0.3 is 14.8 Å². The number of anilines is 2. The molecule has 36 heavy (non-hydrogen) atoms. The first kappa shape index (κ1) is 26.5. The van der Waals surface area contributed by atoms with Gasteiger partial charge in [-0.05, 0) is 60.5 Å². The Labute approximate surface area is 254 Å². The minimum absolute atomic E-state index is 0. The van der Waals surface area contributed by atoms with Gasteiger partial charge in [0.05, 0.1) is 23.1 Å². The van der Waals surface area contributed by atoms with Crippen LogP contribution in [0.25, 0.3) is 27.9 Å². The first-order chi connectivity index (χ1) is 16.9. The third kappa shape index (κ3) is 5.71. The molecule has 0 spiro atoms. The molecular weight excluding hydrogens is 507 g/mol. The van der Waals surface area contributed by atoms with Crippen LogP contribution in [0.15, 0.2) is 54.9 Å². The van der Waals surface area contributed by atoms with Crippen molar-refractivity contribution in [3.05, 3.63) is 65.6 Å². The molecule has 6 rings (SSSR count). The molecule has 0 N–H and O–H groups in total. The molecule has 0 saturated heterocycles. The maximum Gasteiger partial charge on any atom is 1.00 e. The van der Waals surface area contributed by atoms with Gasteiger partial charge in [-0.15, -0.1) is 0 Å². The summed E-state index contributed by atoms with van der Waals surface area (Å²) in [4.78, 5) is 24.8. The number of halogens is 1. The number of tetrazole rings is 1. The van der Waals surface area contributed by atoms with E-state index in [1.165, 1.54) is 12.8 Å². The van der Waals surface area contributed by atoms with Gasteiger partial charge in [0.15, 0.2) is 0 Å². The van der Waals surface area contributed by atoms with Crippen molar-refractivity contribution >= 4 is 45.8 Å². The summed E-state index contributed by atoms with van der Waals surface area (Å²) < 4.78 is 1.59. The molecule has 0 atom stereocenters. The van der Waals surface area contributed by atoms with Crippen molar-refractivity contribution < 1.29 is 61.3 Å². The molecule has 0 aliphatic heterocycles. The number of carboxylic acids is 1. The summed E-state index contributed by atoms with van der Waals surface area (Å²) in [5.41, 5.74) is 4.69. The predicted molar refractivity (Wildman–Crippen MR) is 129 cm³/mol. The molecule has 3 aromatic heterocycles. The number of hydrogen-bond donors (Lipinski definition) is 0. The summed E-state index contributed by atoms with van der Waals surface area (Å²) in [7, 11) is 1.97. The summed E-state index contributed by atoms with van der Waals surface area (Å²) >= 11 is 6.23. The molecule has 1 aliphatic rings. The van der Waals surface area contributed by atoms with Gasteiger partial charge >= 0.3 is 51.4 Å². The molecule has 176 valence electrons. The van der Waals surface area contributed by atoms with Crippen LogP contribution < -0.4 is 61.4 Å². The summed E-state index contributed by atoms with van der Waals surface area (Å²) in [6.45, 7) is 0.972. The van der Waals surface area contributed by atoms with E-state index in [9.17, 15) is 0 Å². The third-order valence-electron chi connectivity index (χ3n) is 5.60. The van der Waals surface area contributed by atoms with E-state index in [1.807, 2.05) is 60.7 Å². The van der Waals surface area contributed by atoms with E-state index in [-0.39, 0.29) is 51.4 Å². The molecule has 10 nitrogen and oxygen atoms in total. The van der Waals surface area contributed by atoms with Crippen LogP contribution in [0.2, 0.25) is 5.02 Å². The Morgan fingerprint density at radius 2 is 1.92 bits per heavy atom. The monoisotopic (exact) mass is 526 g/mol. The van der Waals surface area contributed by atoms with E-state index < -0.39 is 5.97 Å². The van der Waals surface area contributed by atoms with E-state index in [0.29, 0.717) is 16.7 Å². The number of benzene rings is 2. The number of carbonyl (C=O) groups is 1. The molecule has 12 heteroatoms. The fourth-order valence-electron chi connectivity index (χ4n) is 3.76. The molecule has 0 radical (unpaired) electrons. The quantitative estimate of drug-likeness (QED) is 0.302. The SMILES string of the molecule is CC(=O)[O-].CN(c1cccc(-c2cnc(C3CC3)cn2)c1)c1nc2nnnn2c2cc(Cl)ccc12.[K+]. The third-order valence-corrected chi connectivity index (χ3v) is 5.84. The van der Waals surface area contributed by atoms with Gasteiger partial charge in [-0.3, -0.25) is 9.97 Å². The fraction of sp³-hybridized carbons (Fsp3) is 0.208. The van der Waals surface area contributed by atoms with Gasteiger partial charge in [0.2, 0.25) is 0 Å². The van der Waals surface area contributed by atoms with Gasteiger partial charge in [-0.2, -0.15) is 9.50 Å². The maximum absolute atomic E-state index is 8.89. The van der Waals surface area contributed by atoms with Crippen molar-refractivity contribution in [3.8, 4) is 11.3 Å². The molecule has 0 amide bonds. The first-order valence-electron chi connectivity index (χ1n) is 10.9. The van der Waals surface area contributed by atoms with Crippen molar-refractivity contribution in [2.75, 3.05) is 11.9 Å². The van der Waals surface area contributed by atoms with Gasteiger partial charge in [0.1, 0.15) is 5.82 Å². The summed E-state index contributed by atoms with van der Waals surface area (Å²) in [6.07, 6.45) is 6.18. The van der Waals surface area contributed by atoms with Crippen LogP contribution in [-0.4, -0.2) is 48.0 Å². The van der Waals surface area contributed by atoms with Crippen LogP contribution in [0, 0.1) is 0 Å². The normalized spacial score (nSPS) is 12.5. The molecule has 0 bridgehead atoms. The van der Waals surface area contributed by atoms with Crippen LogP contribution in [0.1, 0.15) is 31.4 Å². The number of carboxylic acid groups (broad SMARTS) is 1. The first-order valence-corrected chi connectivity index (χ1v) is 11.3. The smallest absolute Gasteiger partial charge is 0.550 e. The zero-order valence-electron chi connectivity index (χ0n) is 20.0. The van der Waals surface area contributed by atoms with Crippen LogP contribution >= 0.6 is 11.6 Å². The van der Waals surface area contributed by atoms with E-state index in [4.69, 9.17) is 26.5 Å². The average molecular weight is 527 g/mol. The van der Waals surface area contributed by atoms with Crippen LogP contribution in [0.4, 0.5) is 11.5 Å². The van der Waals surface area contributed by atoms with Gasteiger partial charge in [0, 0.05) is 46.8 Å². The van der Waals surface area contributed by atoms with Crippen LogP contribution in [0.3, 0.4) is 0 Å². The molecule has 1 aliphatic carbocycles. The molecule has 5 aromatic rings.